The zero-order valence-corrected chi connectivity index (χ0v) is 32.6. The second-order valence-corrected chi connectivity index (χ2v) is 13.3. The Balaban J connectivity index is 0.966. The van der Waals surface area contributed by atoms with Crippen molar-refractivity contribution in [1.82, 2.24) is 5.32 Å². The normalized spacial score (nSPS) is 13.4. The quantitative estimate of drug-likeness (QED) is 0.0635. The fourth-order valence-electron chi connectivity index (χ4n) is 6.31. The number of fused-ring (bicyclic) bond motifs is 1. The third-order valence-electron chi connectivity index (χ3n) is 9.22. The summed E-state index contributed by atoms with van der Waals surface area (Å²) in [6, 6.07) is 20.7. The van der Waals surface area contributed by atoms with Gasteiger partial charge in [-0.2, -0.15) is 0 Å². The number of unbranched alkanes of at least 4 members (excludes halogenated alkanes) is 7. The highest BCUT2D eigenvalue weighted by atomic mass is 35.5. The van der Waals surface area contributed by atoms with Gasteiger partial charge in [-0.15, -0.1) is 0 Å². The van der Waals surface area contributed by atoms with E-state index in [1.165, 1.54) is 25.7 Å². The average molecular weight is 759 g/mol. The molecule has 5 rings (SSSR count). The second-order valence-electron chi connectivity index (χ2n) is 12.9. The fraction of sp³-hybridized carbons (Fsp3) is 0.372. The van der Waals surface area contributed by atoms with Crippen LogP contribution in [0.1, 0.15) is 84.6 Å². The number of nitrogens with one attached hydrogen (secondary N) is 2. The molecule has 1 aliphatic heterocycles. The first-order valence-electron chi connectivity index (χ1n) is 18.3. The lowest BCUT2D eigenvalue weighted by molar-refractivity contribution is 0.0935. The molecule has 11 heteroatoms. The summed E-state index contributed by atoms with van der Waals surface area (Å²) in [6.07, 6.45) is 12.5. The molecule has 4 aromatic rings. The first kappa shape index (κ1) is 40.0. The molecule has 0 fully saturated rings. The fourth-order valence-corrected chi connectivity index (χ4v) is 6.48. The summed E-state index contributed by atoms with van der Waals surface area (Å²) in [7, 11) is 8.08. The minimum atomic E-state index is -0.390. The van der Waals surface area contributed by atoms with Gasteiger partial charge >= 0.3 is 0 Å². The SMILES string of the molecule is COc1cc(C2NC(=O)c3cc(Cl)ccc3N2)ccc1OCCCCCCCCCCOc1cc(/C=C/c2cc(OC)c(OC)c(OC)c2)ccc1OC. The van der Waals surface area contributed by atoms with Crippen LogP contribution in [0.15, 0.2) is 66.7 Å². The van der Waals surface area contributed by atoms with Crippen LogP contribution in [-0.4, -0.2) is 54.7 Å². The number of rotatable bonds is 21. The molecule has 0 aromatic heterocycles. The molecule has 1 amide bonds. The molecule has 1 heterocycles. The van der Waals surface area contributed by atoms with E-state index >= 15 is 0 Å². The molecule has 0 radical (unpaired) electrons. The third-order valence-corrected chi connectivity index (χ3v) is 9.45. The number of benzene rings is 4. The number of methoxy groups -OCH3 is 5. The van der Waals surface area contributed by atoms with Crippen LogP contribution in [0, 0.1) is 0 Å². The van der Waals surface area contributed by atoms with Crippen molar-refractivity contribution in [3.05, 3.63) is 94.0 Å². The molecule has 0 saturated heterocycles. The Hall–Kier alpha value is -5.22. The van der Waals surface area contributed by atoms with Crippen molar-refractivity contribution >= 4 is 35.3 Å². The number of carbonyl (C=O) groups is 1. The Morgan fingerprint density at radius 2 is 1.13 bits per heavy atom. The topological polar surface area (TPSA) is 106 Å². The number of anilines is 1. The molecular formula is C43H51ClN2O8. The van der Waals surface area contributed by atoms with Gasteiger partial charge in [0.25, 0.3) is 5.91 Å². The van der Waals surface area contributed by atoms with Gasteiger partial charge in [-0.3, -0.25) is 4.79 Å². The monoisotopic (exact) mass is 758 g/mol. The number of amides is 1. The lowest BCUT2D eigenvalue weighted by Crippen LogP contribution is -2.38. The molecule has 0 bridgehead atoms. The summed E-state index contributed by atoms with van der Waals surface area (Å²) >= 11 is 6.06. The molecule has 0 spiro atoms. The minimum Gasteiger partial charge on any atom is -0.493 e. The van der Waals surface area contributed by atoms with Crippen molar-refractivity contribution in [2.24, 2.45) is 0 Å². The maximum absolute atomic E-state index is 12.7. The van der Waals surface area contributed by atoms with Gasteiger partial charge in [0.05, 0.1) is 54.3 Å². The zero-order valence-electron chi connectivity index (χ0n) is 31.8. The van der Waals surface area contributed by atoms with E-state index in [4.69, 9.17) is 44.8 Å². The molecule has 1 aliphatic rings. The number of ether oxygens (including phenoxy) is 7. The number of hydrogen-bond donors (Lipinski definition) is 2. The molecule has 2 N–H and O–H groups in total. The minimum absolute atomic E-state index is 0.177. The van der Waals surface area contributed by atoms with Gasteiger partial charge in [-0.05, 0) is 84.1 Å². The Morgan fingerprint density at radius 3 is 1.76 bits per heavy atom. The van der Waals surface area contributed by atoms with E-state index in [2.05, 4.69) is 10.6 Å². The summed E-state index contributed by atoms with van der Waals surface area (Å²) in [5.41, 5.74) is 4.04. The second kappa shape index (κ2) is 20.3. The highest BCUT2D eigenvalue weighted by molar-refractivity contribution is 6.31. The van der Waals surface area contributed by atoms with E-state index in [0.717, 1.165) is 53.8 Å². The average Bonchev–Trinajstić information content (AvgIpc) is 3.20. The van der Waals surface area contributed by atoms with E-state index < -0.39 is 0 Å². The van der Waals surface area contributed by atoms with Crippen LogP contribution in [0.4, 0.5) is 5.69 Å². The molecule has 54 heavy (non-hydrogen) atoms. The highest BCUT2D eigenvalue weighted by Crippen LogP contribution is 2.39. The van der Waals surface area contributed by atoms with E-state index in [9.17, 15) is 4.79 Å². The number of halogens is 1. The molecule has 10 nitrogen and oxygen atoms in total. The van der Waals surface area contributed by atoms with E-state index in [1.54, 1.807) is 47.7 Å². The maximum atomic E-state index is 12.7. The van der Waals surface area contributed by atoms with Gasteiger partial charge in [0.1, 0.15) is 6.17 Å². The van der Waals surface area contributed by atoms with Crippen LogP contribution in [0.2, 0.25) is 5.02 Å². The lowest BCUT2D eigenvalue weighted by Gasteiger charge is -2.28. The maximum Gasteiger partial charge on any atom is 0.255 e. The molecule has 1 atom stereocenters. The van der Waals surface area contributed by atoms with Crippen molar-refractivity contribution in [2.75, 3.05) is 54.1 Å². The van der Waals surface area contributed by atoms with E-state index in [-0.39, 0.29) is 12.1 Å². The van der Waals surface area contributed by atoms with Crippen molar-refractivity contribution in [3.63, 3.8) is 0 Å². The zero-order chi connectivity index (χ0) is 38.3. The van der Waals surface area contributed by atoms with E-state index in [0.29, 0.717) is 58.3 Å². The van der Waals surface area contributed by atoms with Gasteiger partial charge in [-0.25, -0.2) is 0 Å². The van der Waals surface area contributed by atoms with Crippen LogP contribution in [0.5, 0.6) is 40.2 Å². The van der Waals surface area contributed by atoms with Crippen LogP contribution < -0.4 is 43.8 Å². The van der Waals surface area contributed by atoms with Crippen molar-refractivity contribution in [1.29, 1.82) is 0 Å². The summed E-state index contributed by atoms with van der Waals surface area (Å²) < 4.78 is 39.8. The number of hydrogen-bond acceptors (Lipinski definition) is 9. The van der Waals surface area contributed by atoms with Crippen LogP contribution in [0.3, 0.4) is 0 Å². The van der Waals surface area contributed by atoms with Gasteiger partial charge in [0.15, 0.2) is 34.5 Å². The highest BCUT2D eigenvalue weighted by Gasteiger charge is 2.25. The summed E-state index contributed by atoms with van der Waals surface area (Å²) in [5, 5.41) is 6.85. The predicted octanol–water partition coefficient (Wildman–Crippen LogP) is 9.99. The largest absolute Gasteiger partial charge is 0.493 e. The molecule has 0 saturated carbocycles. The lowest BCUT2D eigenvalue weighted by atomic mass is 10.1. The summed E-state index contributed by atoms with van der Waals surface area (Å²) in [6.45, 7) is 1.25. The van der Waals surface area contributed by atoms with Crippen molar-refractivity contribution in [3.8, 4) is 40.2 Å². The summed E-state index contributed by atoms with van der Waals surface area (Å²) in [5.74, 6) is 4.35. The Labute approximate surface area is 323 Å². The van der Waals surface area contributed by atoms with Gasteiger partial charge in [0, 0.05) is 10.7 Å². The Kier molecular flexibility index (Phi) is 15.0. The Bertz CT molecular complexity index is 1860. The van der Waals surface area contributed by atoms with Gasteiger partial charge in [-0.1, -0.05) is 74.4 Å². The van der Waals surface area contributed by atoms with Crippen LogP contribution in [-0.2, 0) is 0 Å². The molecule has 4 aromatic carbocycles. The third kappa shape index (κ3) is 10.7. The van der Waals surface area contributed by atoms with Crippen molar-refractivity contribution < 1.29 is 38.0 Å². The first-order valence-corrected chi connectivity index (χ1v) is 18.7. The van der Waals surface area contributed by atoms with Crippen LogP contribution >= 0.6 is 11.6 Å². The van der Waals surface area contributed by atoms with Gasteiger partial charge in [0.2, 0.25) is 5.75 Å². The molecular weight excluding hydrogens is 708 g/mol. The number of carbonyl (C=O) groups excluding carboxylic acids is 1. The summed E-state index contributed by atoms with van der Waals surface area (Å²) in [4.78, 5) is 12.7. The standard InChI is InChI=1S/C43H51ClN2O8/c1-48-35-20-16-29(14-15-30-25-39(50-3)41(52-5)40(26-30)51-4)24-38(35)54-23-13-11-9-7-6-8-10-12-22-53-36-21-17-31(27-37(36)49-2)42-45-34-19-18-32(44)28-33(34)43(47)46-42/h14-21,24-28,42,45H,6-13,22-23H2,1-5H3,(H,46,47)/b15-14+. The van der Waals surface area contributed by atoms with Crippen LogP contribution in [0.25, 0.3) is 12.2 Å². The van der Waals surface area contributed by atoms with Crippen molar-refractivity contribution in [2.45, 2.75) is 57.5 Å². The smallest absolute Gasteiger partial charge is 0.255 e. The first-order chi connectivity index (χ1) is 26.4. The van der Waals surface area contributed by atoms with Gasteiger partial charge < -0.3 is 43.8 Å². The Morgan fingerprint density at radius 1 is 0.556 bits per heavy atom. The molecule has 0 aliphatic carbocycles. The molecule has 288 valence electrons. The van der Waals surface area contributed by atoms with E-state index in [1.807, 2.05) is 66.7 Å². The molecule has 1 unspecified atom stereocenters. The predicted molar refractivity (Wildman–Crippen MR) is 214 cm³/mol.